The molecule has 1 N–H and O–H groups in total. The van der Waals surface area contributed by atoms with Crippen molar-refractivity contribution in [2.45, 2.75) is 26.3 Å². The lowest BCUT2D eigenvalue weighted by atomic mass is 10.1. The average Bonchev–Trinajstić information content (AvgIpc) is 1.59. The summed E-state index contributed by atoms with van der Waals surface area (Å²) in [7, 11) is 0. The molecule has 0 aromatic carbocycles. The zero-order valence-electron chi connectivity index (χ0n) is 5.32. The molecule has 0 saturated carbocycles. The summed E-state index contributed by atoms with van der Waals surface area (Å²) >= 11 is 0. The van der Waals surface area contributed by atoms with Crippen molar-refractivity contribution in [3.8, 4) is 0 Å². The second-order valence-electron chi connectivity index (χ2n) is 2.54. The molecular formula is C5H10NO2. The van der Waals surface area contributed by atoms with Crippen molar-refractivity contribution in [2.24, 2.45) is 0 Å². The van der Waals surface area contributed by atoms with Crippen molar-refractivity contribution in [1.29, 1.82) is 0 Å². The van der Waals surface area contributed by atoms with E-state index in [-0.39, 0.29) is 5.54 Å². The third kappa shape index (κ3) is 5.43. The van der Waals surface area contributed by atoms with Gasteiger partial charge >= 0.3 is 6.47 Å². The van der Waals surface area contributed by atoms with Gasteiger partial charge in [-0.3, -0.25) is 0 Å². The molecular weight excluding hydrogens is 106 g/mol. The van der Waals surface area contributed by atoms with Crippen LogP contribution in [-0.2, 0) is 9.63 Å². The van der Waals surface area contributed by atoms with Gasteiger partial charge in [0.25, 0.3) is 0 Å². The van der Waals surface area contributed by atoms with Gasteiger partial charge < -0.3 is 4.84 Å². The first kappa shape index (κ1) is 7.43. The van der Waals surface area contributed by atoms with Gasteiger partial charge in [0.05, 0.1) is 0 Å². The van der Waals surface area contributed by atoms with Crippen molar-refractivity contribution in [2.75, 3.05) is 0 Å². The molecule has 0 aliphatic heterocycles. The van der Waals surface area contributed by atoms with E-state index in [1.165, 1.54) is 6.47 Å². The Morgan fingerprint density at radius 3 is 2.12 bits per heavy atom. The molecule has 3 heteroatoms. The fraction of sp³-hybridized carbons (Fsp3) is 0.800. The maximum Gasteiger partial charge on any atom is 0.437 e. The van der Waals surface area contributed by atoms with E-state index in [1.807, 2.05) is 20.8 Å². The Balaban J connectivity index is 3.24. The summed E-state index contributed by atoms with van der Waals surface area (Å²) in [5.74, 6) is 0. The molecule has 0 amide bonds. The molecule has 0 aromatic rings. The number of nitrogens with one attached hydrogen (secondary N) is 1. The van der Waals surface area contributed by atoms with E-state index in [9.17, 15) is 4.79 Å². The number of carbonyl (C=O) groups excluding carboxylic acids is 1. The van der Waals surface area contributed by atoms with Crippen LogP contribution in [0.5, 0.6) is 0 Å². The van der Waals surface area contributed by atoms with E-state index in [4.69, 9.17) is 0 Å². The molecule has 0 fully saturated rings. The highest BCUT2D eigenvalue weighted by atomic mass is 16.7. The standard InChI is InChI=1S/C5H10NO2/c1-5(2,3)6-8-4-7/h6H,1-3H3. The highest BCUT2D eigenvalue weighted by molar-refractivity contribution is 5.37. The van der Waals surface area contributed by atoms with Crippen molar-refractivity contribution in [1.82, 2.24) is 5.48 Å². The van der Waals surface area contributed by atoms with E-state index in [2.05, 4.69) is 10.3 Å². The van der Waals surface area contributed by atoms with E-state index >= 15 is 0 Å². The molecule has 0 aliphatic rings. The van der Waals surface area contributed by atoms with Gasteiger partial charge in [0, 0.05) is 5.54 Å². The Bertz CT molecular complexity index is 75.0. The molecule has 0 atom stereocenters. The molecule has 0 spiro atoms. The summed E-state index contributed by atoms with van der Waals surface area (Å²) in [6, 6.07) is 0. The van der Waals surface area contributed by atoms with Crippen LogP contribution in [0.3, 0.4) is 0 Å². The molecule has 47 valence electrons. The Labute approximate surface area is 49.0 Å². The molecule has 0 saturated heterocycles. The summed E-state index contributed by atoms with van der Waals surface area (Å²) in [6.07, 6.45) is 0. The van der Waals surface area contributed by atoms with Crippen LogP contribution >= 0.6 is 0 Å². The largest absolute Gasteiger partial charge is 0.437 e. The van der Waals surface area contributed by atoms with E-state index in [0.717, 1.165) is 0 Å². The Morgan fingerprint density at radius 1 is 1.50 bits per heavy atom. The molecule has 0 aromatic heterocycles. The van der Waals surface area contributed by atoms with Crippen molar-refractivity contribution in [3.63, 3.8) is 0 Å². The van der Waals surface area contributed by atoms with Crippen LogP contribution in [0.4, 0.5) is 0 Å². The lowest BCUT2D eigenvalue weighted by Crippen LogP contribution is -2.35. The highest BCUT2D eigenvalue weighted by Gasteiger charge is 2.08. The predicted octanol–water partition coefficient (Wildman–Crippen LogP) is 0.373. The third-order valence-corrected chi connectivity index (χ3v) is 0.399. The molecule has 3 nitrogen and oxygen atoms in total. The van der Waals surface area contributed by atoms with Crippen LogP contribution in [0.25, 0.3) is 0 Å². The molecule has 0 bridgehead atoms. The number of rotatable bonds is 2. The fourth-order valence-electron chi connectivity index (χ4n) is 0.174. The summed E-state index contributed by atoms with van der Waals surface area (Å²) in [4.78, 5) is 13.6. The Hall–Kier alpha value is -0.570. The van der Waals surface area contributed by atoms with Crippen LogP contribution in [0.2, 0.25) is 0 Å². The minimum Gasteiger partial charge on any atom is -0.361 e. The molecule has 8 heavy (non-hydrogen) atoms. The number of hydrogen-bond acceptors (Lipinski definition) is 3. The van der Waals surface area contributed by atoms with Gasteiger partial charge in [0.1, 0.15) is 0 Å². The minimum absolute atomic E-state index is 0.183. The lowest BCUT2D eigenvalue weighted by Gasteiger charge is -2.16. The summed E-state index contributed by atoms with van der Waals surface area (Å²) in [5.41, 5.74) is 2.26. The average molecular weight is 116 g/mol. The fourth-order valence-corrected chi connectivity index (χ4v) is 0.174. The van der Waals surface area contributed by atoms with Crippen LogP contribution in [0, 0.1) is 0 Å². The Kier molecular flexibility index (Phi) is 2.48. The van der Waals surface area contributed by atoms with Gasteiger partial charge in [-0.25, -0.2) is 4.79 Å². The van der Waals surface area contributed by atoms with Gasteiger partial charge in [-0.15, -0.1) is 5.48 Å². The van der Waals surface area contributed by atoms with Gasteiger partial charge in [0.15, 0.2) is 0 Å². The normalized spacial score (nSPS) is 10.9. The molecule has 0 heterocycles. The van der Waals surface area contributed by atoms with Crippen LogP contribution in [-0.4, -0.2) is 12.0 Å². The molecule has 0 aliphatic carbocycles. The van der Waals surface area contributed by atoms with E-state index < -0.39 is 0 Å². The van der Waals surface area contributed by atoms with Crippen molar-refractivity contribution in [3.05, 3.63) is 0 Å². The summed E-state index contributed by atoms with van der Waals surface area (Å²) in [6.45, 7) is 6.90. The van der Waals surface area contributed by atoms with Gasteiger partial charge in [-0.1, -0.05) is 0 Å². The quantitative estimate of drug-likeness (QED) is 0.530. The zero-order valence-corrected chi connectivity index (χ0v) is 5.32. The Morgan fingerprint density at radius 2 is 2.00 bits per heavy atom. The maximum atomic E-state index is 9.44. The smallest absolute Gasteiger partial charge is 0.361 e. The van der Waals surface area contributed by atoms with Crippen LogP contribution in [0.1, 0.15) is 20.8 Å². The third-order valence-electron chi connectivity index (χ3n) is 0.399. The first-order valence-corrected chi connectivity index (χ1v) is 2.36. The highest BCUT2D eigenvalue weighted by Crippen LogP contribution is 1.96. The lowest BCUT2D eigenvalue weighted by molar-refractivity contribution is 0.0995. The SMILES string of the molecule is CC(C)(C)NO[C]=O. The number of hydrogen-bond donors (Lipinski definition) is 1. The van der Waals surface area contributed by atoms with Gasteiger partial charge in [-0.05, 0) is 20.8 Å². The molecule has 1 radical (unpaired) electrons. The van der Waals surface area contributed by atoms with Gasteiger partial charge in [-0.2, -0.15) is 0 Å². The van der Waals surface area contributed by atoms with Crippen molar-refractivity contribution >= 4 is 6.47 Å². The van der Waals surface area contributed by atoms with Crippen molar-refractivity contribution < 1.29 is 9.63 Å². The summed E-state index contributed by atoms with van der Waals surface area (Å²) < 4.78 is 0. The zero-order chi connectivity index (χ0) is 6.62. The summed E-state index contributed by atoms with van der Waals surface area (Å²) in [5, 5.41) is 0. The van der Waals surface area contributed by atoms with Crippen LogP contribution < -0.4 is 5.48 Å². The first-order chi connectivity index (χ1) is 3.56. The predicted molar refractivity (Wildman–Crippen MR) is 29.7 cm³/mol. The second-order valence-corrected chi connectivity index (χ2v) is 2.54. The maximum absolute atomic E-state index is 9.44. The number of hydroxylamine groups is 1. The first-order valence-electron chi connectivity index (χ1n) is 2.36. The minimum atomic E-state index is -0.183. The van der Waals surface area contributed by atoms with Gasteiger partial charge in [0.2, 0.25) is 0 Å². The van der Waals surface area contributed by atoms with Crippen LogP contribution in [0.15, 0.2) is 0 Å². The second kappa shape index (κ2) is 2.67. The molecule has 0 rings (SSSR count). The molecule has 0 unspecified atom stereocenters. The van der Waals surface area contributed by atoms with E-state index in [1.54, 1.807) is 0 Å². The van der Waals surface area contributed by atoms with E-state index in [0.29, 0.717) is 0 Å². The topological polar surface area (TPSA) is 38.3 Å². The monoisotopic (exact) mass is 116 g/mol.